The Hall–Kier alpha value is -1.76. The minimum Gasteiger partial charge on any atom is -0.507 e. The predicted octanol–water partition coefficient (Wildman–Crippen LogP) is 4.96. The second kappa shape index (κ2) is 6.42. The molecule has 2 aromatic carbocycles. The van der Waals surface area contributed by atoms with E-state index < -0.39 is 0 Å². The fraction of sp³-hybridized carbons (Fsp3) is 0.333. The Morgan fingerprint density at radius 1 is 0.842 bits per heavy atom. The Bertz CT molecular complexity index is 543. The van der Waals surface area contributed by atoms with Gasteiger partial charge in [0, 0.05) is 5.56 Å². The van der Waals surface area contributed by atoms with Crippen LogP contribution in [-0.4, -0.2) is 5.11 Å². The molecule has 2 aromatic rings. The summed E-state index contributed by atoms with van der Waals surface area (Å²) in [6, 6.07) is 14.4. The molecule has 0 radical (unpaired) electrons. The van der Waals surface area contributed by atoms with Crippen molar-refractivity contribution < 1.29 is 5.11 Å². The van der Waals surface area contributed by atoms with Crippen molar-refractivity contribution in [1.82, 2.24) is 0 Å². The summed E-state index contributed by atoms with van der Waals surface area (Å²) < 4.78 is 0. The van der Waals surface area contributed by atoms with Gasteiger partial charge in [-0.15, -0.1) is 0 Å². The smallest absolute Gasteiger partial charge is 0.123 e. The molecule has 0 aliphatic carbocycles. The average molecular weight is 254 g/mol. The summed E-state index contributed by atoms with van der Waals surface area (Å²) in [6.45, 7) is 4.36. The zero-order valence-corrected chi connectivity index (χ0v) is 11.8. The van der Waals surface area contributed by atoms with Crippen LogP contribution in [0, 0.1) is 0 Å². The molecule has 0 aliphatic rings. The molecule has 19 heavy (non-hydrogen) atoms. The first-order chi connectivity index (χ1) is 9.24. The van der Waals surface area contributed by atoms with Crippen LogP contribution in [0.2, 0.25) is 0 Å². The molecule has 0 amide bonds. The highest BCUT2D eigenvalue weighted by Gasteiger charge is 2.06. The number of aryl methyl sites for hydroxylation is 2. The second-order valence-corrected chi connectivity index (χ2v) is 5.05. The van der Waals surface area contributed by atoms with E-state index in [-0.39, 0.29) is 0 Å². The molecule has 0 saturated carbocycles. The Labute approximate surface area is 115 Å². The van der Waals surface area contributed by atoms with Crippen LogP contribution in [0.5, 0.6) is 5.75 Å². The standard InChI is InChI=1S/C18H22O/c1-3-6-14-8-5-9-16(12-14)17-13-15(7-4-2)10-11-18(17)19/h5,8-13,19H,3-4,6-7H2,1-2H3. The summed E-state index contributed by atoms with van der Waals surface area (Å²) in [5.41, 5.74) is 4.68. The largest absolute Gasteiger partial charge is 0.507 e. The highest BCUT2D eigenvalue weighted by Crippen LogP contribution is 2.31. The van der Waals surface area contributed by atoms with Crippen molar-refractivity contribution in [1.29, 1.82) is 0 Å². The topological polar surface area (TPSA) is 20.2 Å². The highest BCUT2D eigenvalue weighted by atomic mass is 16.3. The molecule has 0 spiro atoms. The average Bonchev–Trinajstić information content (AvgIpc) is 2.42. The van der Waals surface area contributed by atoms with Crippen molar-refractivity contribution in [3.05, 3.63) is 53.6 Å². The Balaban J connectivity index is 2.39. The first kappa shape index (κ1) is 13.7. The first-order valence-electron chi connectivity index (χ1n) is 7.15. The number of aromatic hydroxyl groups is 1. The van der Waals surface area contributed by atoms with Gasteiger partial charge in [0.15, 0.2) is 0 Å². The van der Waals surface area contributed by atoms with E-state index in [1.807, 2.05) is 12.1 Å². The minimum atomic E-state index is 0.369. The summed E-state index contributed by atoms with van der Waals surface area (Å²) in [6.07, 6.45) is 4.41. The van der Waals surface area contributed by atoms with Gasteiger partial charge in [0.1, 0.15) is 5.75 Å². The Kier molecular flexibility index (Phi) is 4.62. The van der Waals surface area contributed by atoms with E-state index in [2.05, 4.69) is 44.2 Å². The summed E-state index contributed by atoms with van der Waals surface area (Å²) in [7, 11) is 0. The number of rotatable bonds is 5. The van der Waals surface area contributed by atoms with E-state index in [1.54, 1.807) is 0 Å². The molecule has 1 N–H and O–H groups in total. The molecule has 0 saturated heterocycles. The summed E-state index contributed by atoms with van der Waals surface area (Å²) in [5, 5.41) is 10.1. The molecule has 0 fully saturated rings. The lowest BCUT2D eigenvalue weighted by molar-refractivity contribution is 0.477. The lowest BCUT2D eigenvalue weighted by Crippen LogP contribution is -1.88. The van der Waals surface area contributed by atoms with Crippen molar-refractivity contribution in [3.63, 3.8) is 0 Å². The number of phenolic OH excluding ortho intramolecular Hbond substituents is 1. The molecule has 0 atom stereocenters. The molecule has 100 valence electrons. The molecular weight excluding hydrogens is 232 g/mol. The van der Waals surface area contributed by atoms with Crippen LogP contribution < -0.4 is 0 Å². The number of hydrogen-bond donors (Lipinski definition) is 1. The third-order valence-electron chi connectivity index (χ3n) is 3.38. The van der Waals surface area contributed by atoms with E-state index in [0.717, 1.165) is 36.8 Å². The fourth-order valence-corrected chi connectivity index (χ4v) is 2.44. The van der Waals surface area contributed by atoms with Crippen LogP contribution in [-0.2, 0) is 12.8 Å². The van der Waals surface area contributed by atoms with Gasteiger partial charge in [-0.2, -0.15) is 0 Å². The maximum absolute atomic E-state index is 10.1. The lowest BCUT2D eigenvalue weighted by Gasteiger charge is -2.09. The van der Waals surface area contributed by atoms with Crippen molar-refractivity contribution in [2.24, 2.45) is 0 Å². The van der Waals surface area contributed by atoms with E-state index in [1.165, 1.54) is 11.1 Å². The van der Waals surface area contributed by atoms with Crippen LogP contribution in [0.15, 0.2) is 42.5 Å². The van der Waals surface area contributed by atoms with Gasteiger partial charge in [0.05, 0.1) is 0 Å². The van der Waals surface area contributed by atoms with E-state index in [0.29, 0.717) is 5.75 Å². The van der Waals surface area contributed by atoms with Crippen molar-refractivity contribution in [3.8, 4) is 16.9 Å². The van der Waals surface area contributed by atoms with Gasteiger partial charge in [-0.3, -0.25) is 0 Å². The van der Waals surface area contributed by atoms with Gasteiger partial charge in [0.2, 0.25) is 0 Å². The normalized spacial score (nSPS) is 10.6. The van der Waals surface area contributed by atoms with Gasteiger partial charge < -0.3 is 5.11 Å². The second-order valence-electron chi connectivity index (χ2n) is 5.05. The maximum Gasteiger partial charge on any atom is 0.123 e. The molecular formula is C18H22O. The van der Waals surface area contributed by atoms with Crippen LogP contribution in [0.3, 0.4) is 0 Å². The molecule has 0 aromatic heterocycles. The first-order valence-corrected chi connectivity index (χ1v) is 7.15. The Morgan fingerprint density at radius 2 is 1.53 bits per heavy atom. The van der Waals surface area contributed by atoms with Crippen LogP contribution in [0.4, 0.5) is 0 Å². The van der Waals surface area contributed by atoms with Gasteiger partial charge in [-0.05, 0) is 41.7 Å². The van der Waals surface area contributed by atoms with Crippen LogP contribution in [0.25, 0.3) is 11.1 Å². The minimum absolute atomic E-state index is 0.369. The predicted molar refractivity (Wildman–Crippen MR) is 81.5 cm³/mol. The maximum atomic E-state index is 10.1. The van der Waals surface area contributed by atoms with Gasteiger partial charge >= 0.3 is 0 Å². The van der Waals surface area contributed by atoms with Gasteiger partial charge in [-0.1, -0.05) is 57.0 Å². The number of benzene rings is 2. The molecule has 0 unspecified atom stereocenters. The van der Waals surface area contributed by atoms with E-state index in [4.69, 9.17) is 0 Å². The molecule has 0 bridgehead atoms. The van der Waals surface area contributed by atoms with Crippen LogP contribution in [0.1, 0.15) is 37.8 Å². The highest BCUT2D eigenvalue weighted by molar-refractivity contribution is 5.71. The number of phenols is 1. The van der Waals surface area contributed by atoms with Gasteiger partial charge in [-0.25, -0.2) is 0 Å². The SMILES string of the molecule is CCCc1cccc(-c2cc(CCC)ccc2O)c1. The summed E-state index contributed by atoms with van der Waals surface area (Å²) in [4.78, 5) is 0. The molecule has 1 nitrogen and oxygen atoms in total. The monoisotopic (exact) mass is 254 g/mol. The summed E-state index contributed by atoms with van der Waals surface area (Å²) >= 11 is 0. The molecule has 0 heterocycles. The zero-order chi connectivity index (χ0) is 13.7. The molecule has 0 aliphatic heterocycles. The third kappa shape index (κ3) is 3.37. The van der Waals surface area contributed by atoms with E-state index in [9.17, 15) is 5.11 Å². The fourth-order valence-electron chi connectivity index (χ4n) is 2.44. The van der Waals surface area contributed by atoms with Crippen molar-refractivity contribution in [2.45, 2.75) is 39.5 Å². The van der Waals surface area contributed by atoms with Crippen molar-refractivity contribution >= 4 is 0 Å². The number of hydrogen-bond acceptors (Lipinski definition) is 1. The third-order valence-corrected chi connectivity index (χ3v) is 3.38. The molecule has 2 rings (SSSR count). The van der Waals surface area contributed by atoms with Crippen molar-refractivity contribution in [2.75, 3.05) is 0 Å². The quantitative estimate of drug-likeness (QED) is 0.799. The zero-order valence-electron chi connectivity index (χ0n) is 11.8. The van der Waals surface area contributed by atoms with Gasteiger partial charge in [0.25, 0.3) is 0 Å². The van der Waals surface area contributed by atoms with E-state index >= 15 is 0 Å². The summed E-state index contributed by atoms with van der Waals surface area (Å²) in [5.74, 6) is 0.369. The van der Waals surface area contributed by atoms with Crippen LogP contribution >= 0.6 is 0 Å². The molecule has 1 heteroatoms. The lowest BCUT2D eigenvalue weighted by atomic mass is 9.97. The Morgan fingerprint density at radius 3 is 2.21 bits per heavy atom.